The lowest BCUT2D eigenvalue weighted by Gasteiger charge is -2.19. The summed E-state index contributed by atoms with van der Waals surface area (Å²) in [5.41, 5.74) is 1.09. The molecule has 0 aromatic heterocycles. The fraction of sp³-hybridized carbons (Fsp3) is 0.538. The van der Waals surface area contributed by atoms with Crippen LogP contribution in [0.5, 0.6) is 0 Å². The van der Waals surface area contributed by atoms with Crippen LogP contribution >= 0.6 is 0 Å². The van der Waals surface area contributed by atoms with Gasteiger partial charge >= 0.3 is 0 Å². The Morgan fingerprint density at radius 1 is 1.22 bits per heavy atom. The van der Waals surface area contributed by atoms with Crippen molar-refractivity contribution in [3.05, 3.63) is 29.8 Å². The Bertz CT molecular complexity index is 466. The average molecular weight is 271 g/mol. The van der Waals surface area contributed by atoms with Crippen LogP contribution in [0.3, 0.4) is 0 Å². The lowest BCUT2D eigenvalue weighted by Crippen LogP contribution is -2.41. The molecule has 1 rings (SSSR count). The Hall–Kier alpha value is -0.910. The minimum atomic E-state index is -3.55. The third kappa shape index (κ3) is 3.80. The molecule has 5 heteroatoms. The van der Waals surface area contributed by atoms with Gasteiger partial charge in [0.1, 0.15) is 0 Å². The van der Waals surface area contributed by atoms with Gasteiger partial charge in [0.2, 0.25) is 10.0 Å². The first-order valence-corrected chi connectivity index (χ1v) is 7.61. The van der Waals surface area contributed by atoms with Gasteiger partial charge in [0.15, 0.2) is 0 Å². The molecule has 0 aliphatic rings. The highest BCUT2D eigenvalue weighted by molar-refractivity contribution is 7.89. The van der Waals surface area contributed by atoms with Crippen LogP contribution in [0.1, 0.15) is 26.3 Å². The molecule has 0 fully saturated rings. The van der Waals surface area contributed by atoms with Gasteiger partial charge < -0.3 is 5.11 Å². The summed E-state index contributed by atoms with van der Waals surface area (Å²) in [6, 6.07) is 6.34. The third-order valence-corrected chi connectivity index (χ3v) is 4.46. The van der Waals surface area contributed by atoms with E-state index in [9.17, 15) is 8.42 Å². The molecule has 0 spiro atoms. The molecule has 0 amide bonds. The Labute approximate surface area is 109 Å². The highest BCUT2D eigenvalue weighted by Crippen LogP contribution is 2.13. The maximum absolute atomic E-state index is 12.1. The molecule has 102 valence electrons. The third-order valence-electron chi connectivity index (χ3n) is 2.95. The van der Waals surface area contributed by atoms with Crippen LogP contribution in [0.25, 0.3) is 0 Å². The Morgan fingerprint density at radius 2 is 1.78 bits per heavy atom. The molecule has 0 unspecified atom stereocenters. The van der Waals surface area contributed by atoms with E-state index in [0.29, 0.717) is 0 Å². The summed E-state index contributed by atoms with van der Waals surface area (Å²) in [7, 11) is -3.55. The van der Waals surface area contributed by atoms with Gasteiger partial charge in [-0.3, -0.25) is 0 Å². The zero-order valence-electron chi connectivity index (χ0n) is 11.1. The van der Waals surface area contributed by atoms with Crippen molar-refractivity contribution in [2.45, 2.75) is 38.1 Å². The van der Waals surface area contributed by atoms with Gasteiger partial charge in [-0.1, -0.05) is 32.9 Å². The number of benzene rings is 1. The van der Waals surface area contributed by atoms with Crippen molar-refractivity contribution in [1.82, 2.24) is 4.72 Å². The van der Waals surface area contributed by atoms with Crippen LogP contribution in [0, 0.1) is 5.92 Å². The molecule has 0 bridgehead atoms. The molecule has 2 N–H and O–H groups in total. The maximum Gasteiger partial charge on any atom is 0.240 e. The fourth-order valence-electron chi connectivity index (χ4n) is 1.56. The summed E-state index contributed by atoms with van der Waals surface area (Å²) in [4.78, 5) is 0.235. The number of aryl methyl sites for hydroxylation is 1. The molecule has 0 saturated heterocycles. The van der Waals surface area contributed by atoms with Gasteiger partial charge in [0.05, 0.1) is 11.5 Å². The van der Waals surface area contributed by atoms with E-state index in [0.717, 1.165) is 12.0 Å². The van der Waals surface area contributed by atoms with E-state index >= 15 is 0 Å². The molecule has 0 heterocycles. The van der Waals surface area contributed by atoms with Gasteiger partial charge in [-0.25, -0.2) is 13.1 Å². The fourth-order valence-corrected chi connectivity index (χ4v) is 2.93. The zero-order chi connectivity index (χ0) is 13.8. The van der Waals surface area contributed by atoms with Gasteiger partial charge in [-0.2, -0.15) is 0 Å². The van der Waals surface area contributed by atoms with Crippen LogP contribution in [-0.4, -0.2) is 26.2 Å². The second-order valence-corrected chi connectivity index (χ2v) is 6.37. The van der Waals surface area contributed by atoms with Gasteiger partial charge in [-0.05, 0) is 30.0 Å². The first kappa shape index (κ1) is 15.1. The van der Waals surface area contributed by atoms with Crippen molar-refractivity contribution in [1.29, 1.82) is 0 Å². The predicted molar refractivity (Wildman–Crippen MR) is 71.9 cm³/mol. The van der Waals surface area contributed by atoms with Gasteiger partial charge in [0, 0.05) is 6.04 Å². The second kappa shape index (κ2) is 6.31. The van der Waals surface area contributed by atoms with Crippen molar-refractivity contribution in [2.24, 2.45) is 5.92 Å². The van der Waals surface area contributed by atoms with E-state index in [1.807, 2.05) is 20.8 Å². The lowest BCUT2D eigenvalue weighted by atomic mass is 10.1. The van der Waals surface area contributed by atoms with Crippen molar-refractivity contribution in [3.63, 3.8) is 0 Å². The van der Waals surface area contributed by atoms with E-state index in [1.165, 1.54) is 0 Å². The van der Waals surface area contributed by atoms with E-state index in [2.05, 4.69) is 4.72 Å². The summed E-state index contributed by atoms with van der Waals surface area (Å²) in [6.07, 6.45) is 0.874. The first-order chi connectivity index (χ1) is 8.40. The molecule has 1 atom stereocenters. The van der Waals surface area contributed by atoms with Crippen LogP contribution in [0.15, 0.2) is 29.2 Å². The topological polar surface area (TPSA) is 66.4 Å². The smallest absolute Gasteiger partial charge is 0.240 e. The number of rotatable bonds is 6. The SMILES string of the molecule is CCc1ccc(S(=O)(=O)N[C@H](CO)C(C)C)cc1. The molecule has 0 radical (unpaired) electrons. The van der Waals surface area contributed by atoms with Crippen molar-refractivity contribution in [3.8, 4) is 0 Å². The van der Waals surface area contributed by atoms with Crippen LogP contribution < -0.4 is 4.72 Å². The highest BCUT2D eigenvalue weighted by atomic mass is 32.2. The molecule has 0 saturated carbocycles. The van der Waals surface area contributed by atoms with Crippen molar-refractivity contribution >= 4 is 10.0 Å². The first-order valence-electron chi connectivity index (χ1n) is 6.12. The monoisotopic (exact) mass is 271 g/mol. The van der Waals surface area contributed by atoms with E-state index in [-0.39, 0.29) is 17.4 Å². The predicted octanol–water partition coefficient (Wildman–Crippen LogP) is 1.54. The summed E-state index contributed by atoms with van der Waals surface area (Å²) in [5.74, 6) is 0.0414. The van der Waals surface area contributed by atoms with E-state index in [4.69, 9.17) is 5.11 Å². The lowest BCUT2D eigenvalue weighted by molar-refractivity contribution is 0.227. The molecule has 0 aliphatic carbocycles. The summed E-state index contributed by atoms with van der Waals surface area (Å²) < 4.78 is 26.7. The second-order valence-electron chi connectivity index (χ2n) is 4.65. The minimum absolute atomic E-state index is 0.0414. The summed E-state index contributed by atoms with van der Waals surface area (Å²) >= 11 is 0. The molecule has 1 aromatic carbocycles. The Morgan fingerprint density at radius 3 is 2.17 bits per heavy atom. The normalized spacial score (nSPS) is 13.8. The quantitative estimate of drug-likeness (QED) is 0.825. The van der Waals surface area contributed by atoms with E-state index < -0.39 is 16.1 Å². The minimum Gasteiger partial charge on any atom is -0.395 e. The molecule has 0 aliphatic heterocycles. The molecule has 1 aromatic rings. The van der Waals surface area contributed by atoms with Crippen LogP contribution in [0.4, 0.5) is 0 Å². The van der Waals surface area contributed by atoms with Gasteiger partial charge in [-0.15, -0.1) is 0 Å². The average Bonchev–Trinajstić information content (AvgIpc) is 2.35. The Kier molecular flexibility index (Phi) is 5.31. The Balaban J connectivity index is 2.91. The van der Waals surface area contributed by atoms with Crippen molar-refractivity contribution in [2.75, 3.05) is 6.61 Å². The zero-order valence-corrected chi connectivity index (χ0v) is 11.9. The molecular weight excluding hydrogens is 250 g/mol. The molecule has 18 heavy (non-hydrogen) atoms. The molecule has 4 nitrogen and oxygen atoms in total. The van der Waals surface area contributed by atoms with Crippen LogP contribution in [-0.2, 0) is 16.4 Å². The van der Waals surface area contributed by atoms with Gasteiger partial charge in [0.25, 0.3) is 0 Å². The molecular formula is C13H21NO3S. The number of sulfonamides is 1. The van der Waals surface area contributed by atoms with Crippen molar-refractivity contribution < 1.29 is 13.5 Å². The number of aliphatic hydroxyl groups is 1. The standard InChI is InChI=1S/C13H21NO3S/c1-4-11-5-7-12(8-6-11)18(16,17)14-13(9-15)10(2)3/h5-8,10,13-15H,4,9H2,1-3H3/t13-/m1/s1. The number of nitrogens with one attached hydrogen (secondary N) is 1. The number of aliphatic hydroxyl groups excluding tert-OH is 1. The number of hydrogen-bond acceptors (Lipinski definition) is 3. The van der Waals surface area contributed by atoms with E-state index in [1.54, 1.807) is 24.3 Å². The number of hydrogen-bond donors (Lipinski definition) is 2. The maximum atomic E-state index is 12.1. The van der Waals surface area contributed by atoms with Crippen LogP contribution in [0.2, 0.25) is 0 Å². The summed E-state index contributed by atoms with van der Waals surface area (Å²) in [5, 5.41) is 9.16. The summed E-state index contributed by atoms with van der Waals surface area (Å²) in [6.45, 7) is 5.54. The highest BCUT2D eigenvalue weighted by Gasteiger charge is 2.21. The largest absolute Gasteiger partial charge is 0.395 e.